The van der Waals surface area contributed by atoms with E-state index >= 15 is 0 Å². The smallest absolute Gasteiger partial charge is 0.160 e. The van der Waals surface area contributed by atoms with E-state index in [0.29, 0.717) is 0 Å². The highest BCUT2D eigenvalue weighted by Gasteiger charge is 2.14. The maximum atomic E-state index is 4.90. The summed E-state index contributed by atoms with van der Waals surface area (Å²) in [4.78, 5) is 9.66. The predicted molar refractivity (Wildman–Crippen MR) is 111 cm³/mol. The molecule has 0 aliphatic heterocycles. The van der Waals surface area contributed by atoms with Crippen LogP contribution in [0.4, 0.5) is 0 Å². The third-order valence-corrected chi connectivity index (χ3v) is 5.70. The molecule has 2 aromatic heterocycles. The van der Waals surface area contributed by atoms with Crippen LogP contribution in [0.5, 0.6) is 0 Å². The van der Waals surface area contributed by atoms with Crippen LogP contribution in [0, 0.1) is 6.92 Å². The number of hydrogen-bond acceptors (Lipinski definition) is 3. The van der Waals surface area contributed by atoms with Gasteiger partial charge in [0.2, 0.25) is 0 Å². The molecule has 0 aliphatic carbocycles. The Labute approximate surface area is 155 Å². The number of hydrogen-bond donors (Lipinski definition) is 0. The third-order valence-electron chi connectivity index (χ3n) is 4.57. The minimum Gasteiger partial charge on any atom is -0.233 e. The van der Waals surface area contributed by atoms with Gasteiger partial charge in [-0.3, -0.25) is 0 Å². The fourth-order valence-corrected chi connectivity index (χ4v) is 4.54. The molecule has 0 saturated heterocycles. The fraction of sp³-hybridized carbons (Fsp3) is 0.0435. The van der Waals surface area contributed by atoms with E-state index in [2.05, 4.69) is 54.6 Å². The van der Waals surface area contributed by atoms with Gasteiger partial charge in [-0.1, -0.05) is 60.7 Å². The first-order chi connectivity index (χ1) is 12.8. The van der Waals surface area contributed by atoms with Crippen molar-refractivity contribution in [2.24, 2.45) is 0 Å². The van der Waals surface area contributed by atoms with E-state index in [9.17, 15) is 0 Å². The summed E-state index contributed by atoms with van der Waals surface area (Å²) < 4.78 is 2.57. The number of aromatic nitrogens is 2. The van der Waals surface area contributed by atoms with Gasteiger partial charge in [0.25, 0.3) is 0 Å². The van der Waals surface area contributed by atoms with Crippen molar-refractivity contribution in [2.45, 2.75) is 6.92 Å². The predicted octanol–water partition coefficient (Wildman–Crippen LogP) is 6.49. The van der Waals surface area contributed by atoms with Crippen molar-refractivity contribution >= 4 is 31.5 Å². The zero-order valence-corrected chi connectivity index (χ0v) is 15.1. The summed E-state index contributed by atoms with van der Waals surface area (Å²) in [6.45, 7) is 2.03. The van der Waals surface area contributed by atoms with Crippen LogP contribution in [0.2, 0.25) is 0 Å². The molecule has 0 aliphatic rings. The highest BCUT2D eigenvalue weighted by Crippen LogP contribution is 2.39. The minimum absolute atomic E-state index is 0.790. The fourth-order valence-electron chi connectivity index (χ4n) is 3.41. The van der Waals surface area contributed by atoms with Crippen LogP contribution in [-0.2, 0) is 0 Å². The lowest BCUT2D eigenvalue weighted by molar-refractivity contribution is 1.12. The normalized spacial score (nSPS) is 11.3. The van der Waals surface area contributed by atoms with Crippen LogP contribution in [0.15, 0.2) is 78.9 Å². The lowest BCUT2D eigenvalue weighted by Gasteiger charge is -2.08. The first-order valence-electron chi connectivity index (χ1n) is 8.61. The molecule has 0 unspecified atom stereocenters. The topological polar surface area (TPSA) is 25.8 Å². The number of rotatable bonds is 2. The molecule has 5 rings (SSSR count). The van der Waals surface area contributed by atoms with E-state index in [1.165, 1.54) is 20.2 Å². The molecule has 0 saturated carbocycles. The molecular weight excluding hydrogens is 336 g/mol. The van der Waals surface area contributed by atoms with Crippen molar-refractivity contribution in [1.82, 2.24) is 9.97 Å². The molecule has 0 radical (unpaired) electrons. The number of thiophene rings is 1. The van der Waals surface area contributed by atoms with Gasteiger partial charge in [-0.05, 0) is 25.1 Å². The maximum absolute atomic E-state index is 4.90. The van der Waals surface area contributed by atoms with Gasteiger partial charge in [-0.25, -0.2) is 9.97 Å². The second-order valence-corrected chi connectivity index (χ2v) is 7.44. The molecule has 0 fully saturated rings. The molecular formula is C23H16N2S. The molecule has 0 atom stereocenters. The summed E-state index contributed by atoms with van der Waals surface area (Å²) in [6.07, 6.45) is 0. The van der Waals surface area contributed by atoms with Crippen molar-refractivity contribution in [2.75, 3.05) is 0 Å². The first-order valence-corrected chi connectivity index (χ1v) is 9.43. The zero-order chi connectivity index (χ0) is 17.5. The van der Waals surface area contributed by atoms with E-state index in [-0.39, 0.29) is 0 Å². The minimum atomic E-state index is 0.790. The summed E-state index contributed by atoms with van der Waals surface area (Å²) in [5, 5.41) is 2.52. The van der Waals surface area contributed by atoms with Gasteiger partial charge in [-0.15, -0.1) is 11.3 Å². The van der Waals surface area contributed by atoms with Gasteiger partial charge in [0.05, 0.1) is 5.69 Å². The van der Waals surface area contributed by atoms with Crippen LogP contribution in [0.1, 0.15) is 5.69 Å². The molecule has 0 spiro atoms. The van der Waals surface area contributed by atoms with Crippen molar-refractivity contribution in [3.05, 3.63) is 84.6 Å². The summed E-state index contributed by atoms with van der Waals surface area (Å²) in [6, 6.07) is 27.3. The molecule has 124 valence electrons. The van der Waals surface area contributed by atoms with Crippen LogP contribution < -0.4 is 0 Å². The van der Waals surface area contributed by atoms with Gasteiger partial charge < -0.3 is 0 Å². The highest BCUT2D eigenvalue weighted by molar-refractivity contribution is 7.25. The van der Waals surface area contributed by atoms with Crippen LogP contribution in [0.3, 0.4) is 0 Å². The van der Waals surface area contributed by atoms with Gasteiger partial charge in [0.15, 0.2) is 5.82 Å². The average Bonchev–Trinajstić information content (AvgIpc) is 3.07. The number of benzene rings is 3. The van der Waals surface area contributed by atoms with Crippen LogP contribution in [-0.4, -0.2) is 9.97 Å². The highest BCUT2D eigenvalue weighted by atomic mass is 32.1. The van der Waals surface area contributed by atoms with Crippen LogP contribution in [0.25, 0.3) is 42.8 Å². The second-order valence-electron chi connectivity index (χ2n) is 6.36. The summed E-state index contributed by atoms with van der Waals surface area (Å²) in [5.41, 5.74) is 4.15. The number of fused-ring (bicyclic) bond motifs is 3. The van der Waals surface area contributed by atoms with E-state index in [0.717, 1.165) is 28.3 Å². The lowest BCUT2D eigenvalue weighted by atomic mass is 10.0. The Hall–Kier alpha value is -3.04. The van der Waals surface area contributed by atoms with E-state index in [1.54, 1.807) is 0 Å². The summed E-state index contributed by atoms with van der Waals surface area (Å²) in [5.74, 6) is 0.790. The second kappa shape index (κ2) is 6.04. The molecule has 3 heteroatoms. The Bertz CT molecular complexity index is 1240. The molecule has 2 heterocycles. The lowest BCUT2D eigenvalue weighted by Crippen LogP contribution is -1.95. The molecule has 5 aromatic rings. The van der Waals surface area contributed by atoms with Crippen molar-refractivity contribution in [3.63, 3.8) is 0 Å². The van der Waals surface area contributed by atoms with Gasteiger partial charge in [0.1, 0.15) is 0 Å². The third kappa shape index (κ3) is 2.49. The quantitative estimate of drug-likeness (QED) is 0.363. The van der Waals surface area contributed by atoms with E-state index < -0.39 is 0 Å². The number of aryl methyl sites for hydroxylation is 1. The molecule has 3 aromatic carbocycles. The Morgan fingerprint density at radius 2 is 1.50 bits per heavy atom. The van der Waals surface area contributed by atoms with Gasteiger partial charge >= 0.3 is 0 Å². The molecule has 0 amide bonds. The Morgan fingerprint density at radius 3 is 2.38 bits per heavy atom. The molecule has 26 heavy (non-hydrogen) atoms. The molecule has 0 N–H and O–H groups in total. The van der Waals surface area contributed by atoms with Gasteiger partial charge in [-0.2, -0.15) is 0 Å². The zero-order valence-electron chi connectivity index (χ0n) is 14.3. The molecule has 0 bridgehead atoms. The standard InChI is InChI=1S/C23H16N2S/c1-15-14-19(16-8-3-2-4-9-16)25-23(24-15)18-11-7-13-21-22(18)17-10-5-6-12-20(17)26-21/h2-14H,1H3. The monoisotopic (exact) mass is 352 g/mol. The number of nitrogens with zero attached hydrogens (tertiary/aromatic N) is 2. The van der Waals surface area contributed by atoms with Crippen molar-refractivity contribution < 1.29 is 0 Å². The SMILES string of the molecule is Cc1cc(-c2ccccc2)nc(-c2cccc3sc4ccccc4c23)n1. The van der Waals surface area contributed by atoms with E-state index in [1.807, 2.05) is 42.5 Å². The Morgan fingerprint density at radius 1 is 0.731 bits per heavy atom. The average molecular weight is 352 g/mol. The van der Waals surface area contributed by atoms with E-state index in [4.69, 9.17) is 9.97 Å². The Kier molecular flexibility index (Phi) is 3.54. The summed E-state index contributed by atoms with van der Waals surface area (Å²) >= 11 is 1.82. The Balaban J connectivity index is 1.80. The van der Waals surface area contributed by atoms with Crippen LogP contribution >= 0.6 is 11.3 Å². The van der Waals surface area contributed by atoms with Crippen molar-refractivity contribution in [1.29, 1.82) is 0 Å². The largest absolute Gasteiger partial charge is 0.233 e. The summed E-state index contributed by atoms with van der Waals surface area (Å²) in [7, 11) is 0. The maximum Gasteiger partial charge on any atom is 0.160 e. The first kappa shape index (κ1) is 15.2. The van der Waals surface area contributed by atoms with Gasteiger partial charge in [0, 0.05) is 37.0 Å². The molecule has 2 nitrogen and oxygen atoms in total. The van der Waals surface area contributed by atoms with Crippen molar-refractivity contribution in [3.8, 4) is 22.6 Å².